The smallest absolute Gasteiger partial charge is 0.291 e. The van der Waals surface area contributed by atoms with Crippen LogP contribution >= 0.6 is 15.9 Å². The van der Waals surface area contributed by atoms with Crippen molar-refractivity contribution in [1.82, 2.24) is 4.98 Å². The summed E-state index contributed by atoms with van der Waals surface area (Å²) in [4.78, 5) is 14.6. The minimum atomic E-state index is -0.419. The van der Waals surface area contributed by atoms with Crippen molar-refractivity contribution in [2.45, 2.75) is 44.4 Å². The lowest BCUT2D eigenvalue weighted by molar-refractivity contribution is -0.385. The fourth-order valence-electron chi connectivity index (χ4n) is 2.82. The van der Waals surface area contributed by atoms with Gasteiger partial charge in [-0.2, -0.15) is 0 Å². The van der Waals surface area contributed by atoms with Crippen molar-refractivity contribution in [3.05, 3.63) is 26.3 Å². The highest BCUT2D eigenvalue weighted by atomic mass is 79.9. The molecule has 0 amide bonds. The molecule has 1 N–H and O–H groups in total. The molecule has 2 fully saturated rings. The molecule has 0 radical (unpaired) electrons. The first-order valence-electron chi connectivity index (χ1n) is 6.27. The zero-order valence-corrected chi connectivity index (χ0v) is 12.0. The summed E-state index contributed by atoms with van der Waals surface area (Å²) in [5.74, 6) is 0.657. The number of nitrogens with zero attached hydrogens (tertiary/aromatic N) is 2. The molecule has 2 saturated heterocycles. The van der Waals surface area contributed by atoms with E-state index in [4.69, 9.17) is 4.74 Å². The van der Waals surface area contributed by atoms with Gasteiger partial charge < -0.3 is 10.1 Å². The summed E-state index contributed by atoms with van der Waals surface area (Å²) in [5, 5.41) is 14.2. The Labute approximate surface area is 118 Å². The van der Waals surface area contributed by atoms with Crippen molar-refractivity contribution in [1.29, 1.82) is 0 Å². The standard InChI is InChI=1S/C12H14BrN3O3/c1-6-9(16(17)18)5-14-12(11(6)13)15-8-4-7-2-3-10(8)19-7/h5,7-8,10H,2-4H2,1H3,(H,14,15). The van der Waals surface area contributed by atoms with Gasteiger partial charge in [0.25, 0.3) is 5.69 Å². The van der Waals surface area contributed by atoms with E-state index in [1.54, 1.807) is 6.92 Å². The van der Waals surface area contributed by atoms with Crippen molar-refractivity contribution in [3.8, 4) is 0 Å². The molecule has 0 aromatic carbocycles. The quantitative estimate of drug-likeness (QED) is 0.682. The molecule has 0 aliphatic carbocycles. The molecule has 7 heteroatoms. The highest BCUT2D eigenvalue weighted by molar-refractivity contribution is 9.10. The Balaban J connectivity index is 1.82. The van der Waals surface area contributed by atoms with Crippen LogP contribution in [0.2, 0.25) is 0 Å². The van der Waals surface area contributed by atoms with E-state index in [0.717, 1.165) is 19.3 Å². The first-order chi connectivity index (χ1) is 9.06. The lowest BCUT2D eigenvalue weighted by atomic mass is 9.95. The molecule has 2 aliphatic rings. The number of fused-ring (bicyclic) bond motifs is 2. The summed E-state index contributed by atoms with van der Waals surface area (Å²) < 4.78 is 6.43. The molecule has 2 aliphatic heterocycles. The lowest BCUT2D eigenvalue weighted by Crippen LogP contribution is -2.31. The van der Waals surface area contributed by atoms with Crippen LogP contribution in [-0.4, -0.2) is 28.2 Å². The molecule has 1 aromatic rings. The van der Waals surface area contributed by atoms with Crippen molar-refractivity contribution in [3.63, 3.8) is 0 Å². The first kappa shape index (κ1) is 12.8. The molecule has 3 rings (SSSR count). The molecule has 1 aromatic heterocycles. The van der Waals surface area contributed by atoms with Gasteiger partial charge in [-0.1, -0.05) is 0 Å². The summed E-state index contributed by atoms with van der Waals surface area (Å²) in [6.45, 7) is 1.71. The van der Waals surface area contributed by atoms with Gasteiger partial charge in [-0.15, -0.1) is 0 Å². The van der Waals surface area contributed by atoms with Gasteiger partial charge in [0.2, 0.25) is 0 Å². The highest BCUT2D eigenvalue weighted by Crippen LogP contribution is 2.38. The van der Waals surface area contributed by atoms with Gasteiger partial charge in [-0.05, 0) is 42.1 Å². The molecule has 6 nitrogen and oxygen atoms in total. The number of nitrogens with one attached hydrogen (secondary N) is 1. The molecule has 0 saturated carbocycles. The maximum Gasteiger partial charge on any atom is 0.291 e. The Morgan fingerprint density at radius 1 is 1.58 bits per heavy atom. The monoisotopic (exact) mass is 327 g/mol. The van der Waals surface area contributed by atoms with Crippen LogP contribution in [0, 0.1) is 17.0 Å². The van der Waals surface area contributed by atoms with E-state index in [1.807, 2.05) is 0 Å². The van der Waals surface area contributed by atoms with Crippen LogP contribution in [-0.2, 0) is 4.74 Å². The predicted molar refractivity (Wildman–Crippen MR) is 73.3 cm³/mol. The van der Waals surface area contributed by atoms with Crippen molar-refractivity contribution >= 4 is 27.4 Å². The number of hydrogen-bond donors (Lipinski definition) is 1. The molecule has 0 spiro atoms. The van der Waals surface area contributed by atoms with Gasteiger partial charge >= 0.3 is 0 Å². The third-order valence-electron chi connectivity index (χ3n) is 3.86. The van der Waals surface area contributed by atoms with E-state index in [-0.39, 0.29) is 17.8 Å². The normalized spacial score (nSPS) is 28.6. The molecule has 3 atom stereocenters. The zero-order valence-electron chi connectivity index (χ0n) is 10.4. The van der Waals surface area contributed by atoms with Crippen molar-refractivity contribution in [2.24, 2.45) is 0 Å². The Morgan fingerprint density at radius 3 is 2.95 bits per heavy atom. The average Bonchev–Trinajstić information content (AvgIpc) is 2.97. The largest absolute Gasteiger partial charge is 0.373 e. The number of halogens is 1. The van der Waals surface area contributed by atoms with Crippen molar-refractivity contribution in [2.75, 3.05) is 5.32 Å². The number of anilines is 1. The molecular formula is C12H14BrN3O3. The Morgan fingerprint density at radius 2 is 2.37 bits per heavy atom. The number of ether oxygens (including phenoxy) is 1. The van der Waals surface area contributed by atoms with Crippen LogP contribution in [0.15, 0.2) is 10.7 Å². The maximum atomic E-state index is 10.8. The third kappa shape index (κ3) is 2.21. The van der Waals surface area contributed by atoms with Crippen LogP contribution in [0.4, 0.5) is 11.5 Å². The molecule has 3 unspecified atom stereocenters. The second-order valence-electron chi connectivity index (χ2n) is 5.05. The zero-order chi connectivity index (χ0) is 13.6. The fraction of sp³-hybridized carbons (Fsp3) is 0.583. The summed E-state index contributed by atoms with van der Waals surface area (Å²) in [7, 11) is 0. The van der Waals surface area contributed by atoms with Crippen molar-refractivity contribution < 1.29 is 9.66 Å². The van der Waals surface area contributed by atoms with Gasteiger partial charge in [0.1, 0.15) is 12.0 Å². The van der Waals surface area contributed by atoms with E-state index >= 15 is 0 Å². The van der Waals surface area contributed by atoms with Crippen LogP contribution < -0.4 is 5.32 Å². The van der Waals surface area contributed by atoms with E-state index in [2.05, 4.69) is 26.2 Å². The van der Waals surface area contributed by atoms with E-state index in [9.17, 15) is 10.1 Å². The number of nitro groups is 1. The summed E-state index contributed by atoms with van der Waals surface area (Å²) in [6, 6.07) is 0.253. The number of rotatable bonds is 3. The maximum absolute atomic E-state index is 10.8. The summed E-state index contributed by atoms with van der Waals surface area (Å²) in [6.07, 6.45) is 5.10. The van der Waals surface area contributed by atoms with Crippen LogP contribution in [0.25, 0.3) is 0 Å². The number of pyridine rings is 1. The van der Waals surface area contributed by atoms with Crippen LogP contribution in [0.1, 0.15) is 24.8 Å². The average molecular weight is 328 g/mol. The highest BCUT2D eigenvalue weighted by Gasteiger charge is 2.41. The lowest BCUT2D eigenvalue weighted by Gasteiger charge is -2.21. The first-order valence-corrected chi connectivity index (χ1v) is 7.07. The van der Waals surface area contributed by atoms with Gasteiger partial charge in [0, 0.05) is 5.56 Å². The van der Waals surface area contributed by atoms with Crippen LogP contribution in [0.5, 0.6) is 0 Å². The summed E-state index contributed by atoms with van der Waals surface area (Å²) >= 11 is 3.39. The number of aromatic nitrogens is 1. The Kier molecular flexibility index (Phi) is 3.18. The molecule has 102 valence electrons. The van der Waals surface area contributed by atoms with Gasteiger partial charge in [0.05, 0.1) is 27.6 Å². The minimum Gasteiger partial charge on any atom is -0.373 e. The van der Waals surface area contributed by atoms with Gasteiger partial charge in [-0.25, -0.2) is 4.98 Å². The molecular weight excluding hydrogens is 314 g/mol. The Hall–Kier alpha value is -1.21. The predicted octanol–water partition coefficient (Wildman–Crippen LogP) is 2.79. The summed E-state index contributed by atoms with van der Waals surface area (Å²) in [5.41, 5.74) is 0.619. The fourth-order valence-corrected chi connectivity index (χ4v) is 3.24. The van der Waals surface area contributed by atoms with E-state index in [0.29, 0.717) is 22.0 Å². The minimum absolute atomic E-state index is 0.0293. The van der Waals surface area contributed by atoms with Gasteiger partial charge in [-0.3, -0.25) is 10.1 Å². The molecule has 2 bridgehead atoms. The SMILES string of the molecule is Cc1c([N+](=O)[O-])cnc(NC2CC3CCC2O3)c1Br. The second-order valence-corrected chi connectivity index (χ2v) is 5.84. The van der Waals surface area contributed by atoms with Crippen LogP contribution in [0.3, 0.4) is 0 Å². The second kappa shape index (κ2) is 4.72. The third-order valence-corrected chi connectivity index (χ3v) is 4.83. The topological polar surface area (TPSA) is 77.3 Å². The van der Waals surface area contributed by atoms with E-state index in [1.165, 1.54) is 6.20 Å². The van der Waals surface area contributed by atoms with E-state index < -0.39 is 4.92 Å². The van der Waals surface area contributed by atoms with Gasteiger partial charge in [0.15, 0.2) is 0 Å². The molecule has 19 heavy (non-hydrogen) atoms. The molecule has 3 heterocycles. The number of hydrogen-bond acceptors (Lipinski definition) is 5. The Bertz CT molecular complexity index is 537.